The number of carbonyl (C=O) groups is 1. The average molecular weight is 317 g/mol. The van der Waals surface area contributed by atoms with E-state index in [-0.39, 0.29) is 11.8 Å². The number of aromatic nitrogens is 1. The van der Waals surface area contributed by atoms with Gasteiger partial charge in [0.25, 0.3) is 0 Å². The Balaban J connectivity index is 1.33. The van der Waals surface area contributed by atoms with Crippen LogP contribution in [0.2, 0.25) is 0 Å². The van der Waals surface area contributed by atoms with Crippen LogP contribution in [-0.4, -0.2) is 42.0 Å². The predicted molar refractivity (Wildman–Crippen MR) is 85.2 cm³/mol. The molecule has 0 unspecified atom stereocenters. The molecule has 0 N–H and O–H groups in total. The van der Waals surface area contributed by atoms with Crippen LogP contribution in [0.25, 0.3) is 0 Å². The normalized spacial score (nSPS) is 24.6. The first-order chi connectivity index (χ1) is 10.7. The third-order valence-electron chi connectivity index (χ3n) is 4.49. The fourth-order valence-corrected chi connectivity index (χ4v) is 3.98. The summed E-state index contributed by atoms with van der Waals surface area (Å²) in [4.78, 5) is 21.4. The minimum atomic E-state index is 0.125. The van der Waals surface area contributed by atoms with Crippen molar-refractivity contribution < 1.29 is 9.21 Å². The highest BCUT2D eigenvalue weighted by atomic mass is 32.1. The van der Waals surface area contributed by atoms with Crippen LogP contribution in [0, 0.1) is 12.8 Å². The van der Waals surface area contributed by atoms with Crippen LogP contribution in [-0.2, 0) is 4.79 Å². The van der Waals surface area contributed by atoms with Crippen LogP contribution in [0.4, 0.5) is 5.13 Å². The maximum absolute atomic E-state index is 12.6. The van der Waals surface area contributed by atoms with Gasteiger partial charge in [-0.2, -0.15) is 0 Å². The third kappa shape index (κ3) is 2.52. The highest BCUT2D eigenvalue weighted by molar-refractivity contribution is 7.13. The summed E-state index contributed by atoms with van der Waals surface area (Å²) in [6.07, 6.45) is 2.61. The van der Waals surface area contributed by atoms with Gasteiger partial charge in [-0.15, -0.1) is 11.3 Å². The monoisotopic (exact) mass is 317 g/mol. The van der Waals surface area contributed by atoms with Crippen LogP contribution in [0.1, 0.15) is 23.8 Å². The van der Waals surface area contributed by atoms with Crippen molar-refractivity contribution in [3.05, 3.63) is 35.2 Å². The molecule has 116 valence electrons. The molecule has 2 aliphatic rings. The lowest BCUT2D eigenvalue weighted by atomic mass is 10.2. The fourth-order valence-electron chi connectivity index (χ4n) is 3.12. The van der Waals surface area contributed by atoms with E-state index < -0.39 is 0 Å². The molecule has 1 saturated carbocycles. The number of amides is 1. The van der Waals surface area contributed by atoms with Crippen molar-refractivity contribution in [1.82, 2.24) is 9.88 Å². The number of thiazole rings is 1. The molecule has 5 nitrogen and oxygen atoms in total. The second kappa shape index (κ2) is 5.43. The number of anilines is 1. The van der Waals surface area contributed by atoms with Crippen LogP contribution < -0.4 is 4.90 Å². The van der Waals surface area contributed by atoms with Gasteiger partial charge >= 0.3 is 0 Å². The molecule has 0 radical (unpaired) electrons. The molecular formula is C16H19N3O2S. The van der Waals surface area contributed by atoms with Gasteiger partial charge < -0.3 is 14.2 Å². The second-order valence-corrected chi connectivity index (χ2v) is 6.88. The van der Waals surface area contributed by atoms with Gasteiger partial charge in [0, 0.05) is 43.4 Å². The summed E-state index contributed by atoms with van der Waals surface area (Å²) in [5.41, 5.74) is 1.07. The molecule has 0 aromatic carbocycles. The van der Waals surface area contributed by atoms with Crippen LogP contribution in [0.3, 0.4) is 0 Å². The molecule has 2 fully saturated rings. The SMILES string of the molecule is Cc1csc(N2CCN(C(=O)[C@@H]3C[C@H]3c3ccco3)CC2)n1. The summed E-state index contributed by atoms with van der Waals surface area (Å²) in [5, 5.41) is 3.15. The van der Waals surface area contributed by atoms with E-state index >= 15 is 0 Å². The van der Waals surface area contributed by atoms with Crippen molar-refractivity contribution >= 4 is 22.4 Å². The average Bonchev–Trinajstić information content (AvgIpc) is 2.95. The Bertz CT molecular complexity index is 659. The van der Waals surface area contributed by atoms with Gasteiger partial charge in [0.05, 0.1) is 12.0 Å². The first-order valence-electron chi connectivity index (χ1n) is 7.71. The lowest BCUT2D eigenvalue weighted by Crippen LogP contribution is -2.49. The summed E-state index contributed by atoms with van der Waals surface area (Å²) < 4.78 is 5.42. The topological polar surface area (TPSA) is 49.6 Å². The Morgan fingerprint density at radius 1 is 1.36 bits per heavy atom. The molecule has 2 aromatic heterocycles. The van der Waals surface area contributed by atoms with E-state index in [9.17, 15) is 4.79 Å². The number of nitrogens with zero attached hydrogens (tertiary/aromatic N) is 3. The minimum Gasteiger partial charge on any atom is -0.469 e. The molecule has 1 saturated heterocycles. The van der Waals surface area contributed by atoms with Gasteiger partial charge in [0.15, 0.2) is 5.13 Å². The fraction of sp³-hybridized carbons (Fsp3) is 0.500. The summed E-state index contributed by atoms with van der Waals surface area (Å²) >= 11 is 1.68. The number of hydrogen-bond donors (Lipinski definition) is 0. The molecule has 4 rings (SSSR count). The van der Waals surface area contributed by atoms with Crippen molar-refractivity contribution in [2.24, 2.45) is 5.92 Å². The van der Waals surface area contributed by atoms with Gasteiger partial charge in [0.1, 0.15) is 5.76 Å². The van der Waals surface area contributed by atoms with Crippen LogP contribution in [0.5, 0.6) is 0 Å². The van der Waals surface area contributed by atoms with E-state index in [1.54, 1.807) is 17.6 Å². The van der Waals surface area contributed by atoms with E-state index in [0.29, 0.717) is 5.92 Å². The maximum atomic E-state index is 12.6. The van der Waals surface area contributed by atoms with Crippen molar-refractivity contribution in [1.29, 1.82) is 0 Å². The largest absolute Gasteiger partial charge is 0.469 e. The number of carbonyl (C=O) groups excluding carboxylic acids is 1. The highest BCUT2D eigenvalue weighted by Crippen LogP contribution is 2.48. The molecule has 0 bridgehead atoms. The van der Waals surface area contributed by atoms with Gasteiger partial charge in [-0.3, -0.25) is 4.79 Å². The minimum absolute atomic E-state index is 0.125. The van der Waals surface area contributed by atoms with Crippen LogP contribution in [0.15, 0.2) is 28.2 Å². The summed E-state index contributed by atoms with van der Waals surface area (Å²) in [5.74, 6) is 1.66. The molecule has 6 heteroatoms. The number of furan rings is 1. The predicted octanol–water partition coefficient (Wildman–Crippen LogP) is 2.50. The molecule has 1 aliphatic carbocycles. The Morgan fingerprint density at radius 2 is 2.18 bits per heavy atom. The number of rotatable bonds is 3. The lowest BCUT2D eigenvalue weighted by molar-refractivity contribution is -0.133. The second-order valence-electron chi connectivity index (χ2n) is 6.05. The van der Waals surface area contributed by atoms with E-state index in [0.717, 1.165) is 49.2 Å². The number of piperazine rings is 1. The van der Waals surface area contributed by atoms with E-state index in [2.05, 4.69) is 15.3 Å². The van der Waals surface area contributed by atoms with Gasteiger partial charge in [-0.25, -0.2) is 4.98 Å². The van der Waals surface area contributed by atoms with Crippen molar-refractivity contribution in [3.8, 4) is 0 Å². The quantitative estimate of drug-likeness (QED) is 0.873. The highest BCUT2D eigenvalue weighted by Gasteiger charge is 2.47. The molecule has 2 atom stereocenters. The van der Waals surface area contributed by atoms with Gasteiger partial charge in [0.2, 0.25) is 5.91 Å². The van der Waals surface area contributed by atoms with Crippen molar-refractivity contribution in [2.45, 2.75) is 19.3 Å². The zero-order chi connectivity index (χ0) is 15.1. The number of hydrogen-bond acceptors (Lipinski definition) is 5. The molecule has 1 amide bonds. The lowest BCUT2D eigenvalue weighted by Gasteiger charge is -2.34. The van der Waals surface area contributed by atoms with Crippen molar-refractivity contribution in [3.63, 3.8) is 0 Å². The maximum Gasteiger partial charge on any atom is 0.226 e. The Hall–Kier alpha value is -1.82. The Labute approximate surface area is 133 Å². The summed E-state index contributed by atoms with van der Waals surface area (Å²) in [6, 6.07) is 3.87. The Kier molecular flexibility index (Phi) is 3.41. The third-order valence-corrected chi connectivity index (χ3v) is 5.50. The zero-order valence-corrected chi connectivity index (χ0v) is 13.4. The molecule has 3 heterocycles. The molecule has 0 spiro atoms. The first-order valence-corrected chi connectivity index (χ1v) is 8.59. The van der Waals surface area contributed by atoms with E-state index in [4.69, 9.17) is 4.42 Å². The Morgan fingerprint density at radius 3 is 2.82 bits per heavy atom. The first kappa shape index (κ1) is 13.8. The van der Waals surface area contributed by atoms with E-state index in [1.165, 1.54) is 0 Å². The van der Waals surface area contributed by atoms with Gasteiger partial charge in [-0.05, 0) is 25.5 Å². The smallest absolute Gasteiger partial charge is 0.226 e. The van der Waals surface area contributed by atoms with E-state index in [1.807, 2.05) is 24.0 Å². The molecule has 1 aliphatic heterocycles. The van der Waals surface area contributed by atoms with Crippen molar-refractivity contribution in [2.75, 3.05) is 31.1 Å². The molecule has 22 heavy (non-hydrogen) atoms. The van der Waals surface area contributed by atoms with Gasteiger partial charge in [-0.1, -0.05) is 0 Å². The number of aryl methyl sites for hydroxylation is 1. The zero-order valence-electron chi connectivity index (χ0n) is 12.6. The van der Waals surface area contributed by atoms with Crippen LogP contribution >= 0.6 is 11.3 Å². The molecular weight excluding hydrogens is 298 g/mol. The summed E-state index contributed by atoms with van der Waals surface area (Å²) in [7, 11) is 0. The summed E-state index contributed by atoms with van der Waals surface area (Å²) in [6.45, 7) is 5.34. The molecule has 2 aromatic rings. The standard InChI is InChI=1S/C16H19N3O2S/c1-11-10-22-16(17-11)19-6-4-18(5-7-19)15(20)13-9-12(13)14-3-2-8-21-14/h2-3,8,10,12-13H,4-7,9H2,1H3/t12-,13-/m1/s1.